The van der Waals surface area contributed by atoms with Gasteiger partial charge in [-0.25, -0.2) is 13.1 Å². The fraction of sp³-hybridized carbons (Fsp3) is 0.588. The molecule has 2 aromatic heterocycles. The number of fused-ring (bicyclic) bond motifs is 1. The van der Waals surface area contributed by atoms with Crippen LogP contribution >= 0.6 is 12.2 Å². The third kappa shape index (κ3) is 4.96. The van der Waals surface area contributed by atoms with E-state index >= 15 is 0 Å². The maximum atomic E-state index is 12.7. The Morgan fingerprint density at radius 1 is 1.25 bits per heavy atom. The standard InChI is InChI=1S/C17H28N6O3S2/c1-5-10-18-16(24)12-20(4)13-23-17(27)22-11-14(8-9-15(22)19-23)28(25,26)21(6-2)7-3/h8-9,11H,5-7,10,12-13H2,1-4H3,(H,18,24). The molecule has 11 heteroatoms. The smallest absolute Gasteiger partial charge is 0.244 e. The first-order valence-electron chi connectivity index (χ1n) is 9.29. The van der Waals surface area contributed by atoms with E-state index in [-0.39, 0.29) is 17.3 Å². The topological polar surface area (TPSA) is 92.0 Å². The van der Waals surface area contributed by atoms with Crippen LogP contribution in [0.15, 0.2) is 23.2 Å². The number of hydrogen-bond donors (Lipinski definition) is 1. The van der Waals surface area contributed by atoms with Crippen molar-refractivity contribution in [3.63, 3.8) is 0 Å². The summed E-state index contributed by atoms with van der Waals surface area (Å²) in [7, 11) is -1.78. The number of nitrogens with one attached hydrogen (secondary N) is 1. The van der Waals surface area contributed by atoms with E-state index in [0.717, 1.165) is 6.42 Å². The quantitative estimate of drug-likeness (QED) is 0.574. The number of pyridine rings is 1. The van der Waals surface area contributed by atoms with Crippen LogP contribution in [0.4, 0.5) is 0 Å². The second-order valence-corrected chi connectivity index (χ2v) is 8.77. The highest BCUT2D eigenvalue weighted by molar-refractivity contribution is 7.89. The van der Waals surface area contributed by atoms with Gasteiger partial charge in [-0.05, 0) is 37.8 Å². The monoisotopic (exact) mass is 428 g/mol. The van der Waals surface area contributed by atoms with Crippen molar-refractivity contribution in [2.45, 2.75) is 38.8 Å². The van der Waals surface area contributed by atoms with Crippen LogP contribution in [0.5, 0.6) is 0 Å². The van der Waals surface area contributed by atoms with Gasteiger partial charge in [0.25, 0.3) is 0 Å². The van der Waals surface area contributed by atoms with Gasteiger partial charge in [0, 0.05) is 25.8 Å². The maximum absolute atomic E-state index is 12.7. The van der Waals surface area contributed by atoms with Gasteiger partial charge in [0.05, 0.1) is 18.1 Å². The Balaban J connectivity index is 2.26. The highest BCUT2D eigenvalue weighted by atomic mass is 32.2. The molecule has 0 atom stereocenters. The van der Waals surface area contributed by atoms with Crippen molar-refractivity contribution < 1.29 is 13.2 Å². The molecule has 156 valence electrons. The van der Waals surface area contributed by atoms with Crippen LogP contribution in [0.25, 0.3) is 5.65 Å². The average molecular weight is 429 g/mol. The van der Waals surface area contributed by atoms with Crippen molar-refractivity contribution in [3.05, 3.63) is 23.1 Å². The lowest BCUT2D eigenvalue weighted by Gasteiger charge is -2.18. The lowest BCUT2D eigenvalue weighted by molar-refractivity contribution is -0.122. The predicted octanol–water partition coefficient (Wildman–Crippen LogP) is 1.31. The molecule has 0 unspecified atom stereocenters. The molecule has 1 amide bonds. The van der Waals surface area contributed by atoms with E-state index in [4.69, 9.17) is 12.2 Å². The highest BCUT2D eigenvalue weighted by Gasteiger charge is 2.22. The van der Waals surface area contributed by atoms with Crippen LogP contribution in [0.1, 0.15) is 27.2 Å². The van der Waals surface area contributed by atoms with E-state index in [2.05, 4.69) is 10.4 Å². The van der Waals surface area contributed by atoms with Gasteiger partial charge >= 0.3 is 0 Å². The Hall–Kier alpha value is -1.82. The number of carbonyl (C=O) groups excluding carboxylic acids is 1. The Morgan fingerprint density at radius 2 is 1.93 bits per heavy atom. The van der Waals surface area contributed by atoms with Gasteiger partial charge in [-0.2, -0.15) is 9.40 Å². The molecule has 0 aliphatic carbocycles. The Morgan fingerprint density at radius 3 is 2.54 bits per heavy atom. The Kier molecular flexibility index (Phi) is 7.70. The molecular formula is C17H28N6O3S2. The predicted molar refractivity (Wildman–Crippen MR) is 110 cm³/mol. The van der Waals surface area contributed by atoms with Crippen molar-refractivity contribution in [2.75, 3.05) is 33.2 Å². The van der Waals surface area contributed by atoms with Crippen molar-refractivity contribution >= 4 is 33.8 Å². The fourth-order valence-corrected chi connectivity index (χ4v) is 4.50. The van der Waals surface area contributed by atoms with Crippen LogP contribution in [0, 0.1) is 4.77 Å². The normalized spacial score (nSPS) is 12.2. The van der Waals surface area contributed by atoms with E-state index in [0.29, 0.717) is 36.7 Å². The summed E-state index contributed by atoms with van der Waals surface area (Å²) in [6.07, 6.45) is 2.38. The van der Waals surface area contributed by atoms with Gasteiger partial charge in [-0.1, -0.05) is 20.8 Å². The second-order valence-electron chi connectivity index (χ2n) is 6.47. The summed E-state index contributed by atoms with van der Waals surface area (Å²) < 4.78 is 30.4. The minimum atomic E-state index is -3.58. The first-order chi connectivity index (χ1) is 13.2. The van der Waals surface area contributed by atoms with Gasteiger partial charge in [-0.15, -0.1) is 0 Å². The number of likely N-dealkylation sites (N-methyl/N-ethyl adjacent to an activating group) is 1. The largest absolute Gasteiger partial charge is 0.355 e. The molecule has 1 N–H and O–H groups in total. The highest BCUT2D eigenvalue weighted by Crippen LogP contribution is 2.17. The van der Waals surface area contributed by atoms with Gasteiger partial charge in [0.2, 0.25) is 20.7 Å². The maximum Gasteiger partial charge on any atom is 0.244 e. The second kappa shape index (κ2) is 9.59. The van der Waals surface area contributed by atoms with E-state index in [1.165, 1.54) is 16.6 Å². The molecule has 2 heterocycles. The summed E-state index contributed by atoms with van der Waals surface area (Å²) >= 11 is 5.46. The van der Waals surface area contributed by atoms with E-state index in [1.807, 2.05) is 6.92 Å². The zero-order valence-corrected chi connectivity index (χ0v) is 18.4. The third-order valence-electron chi connectivity index (χ3n) is 4.25. The first kappa shape index (κ1) is 22.5. The molecule has 9 nitrogen and oxygen atoms in total. The molecule has 0 fully saturated rings. The Labute approximate surface area is 171 Å². The molecule has 0 saturated heterocycles. The molecule has 0 aliphatic rings. The lowest BCUT2D eigenvalue weighted by Crippen LogP contribution is -2.36. The van der Waals surface area contributed by atoms with Gasteiger partial charge < -0.3 is 5.32 Å². The summed E-state index contributed by atoms with van der Waals surface area (Å²) in [5, 5.41) is 7.25. The summed E-state index contributed by atoms with van der Waals surface area (Å²) in [5.74, 6) is -0.0627. The Bertz CT molecular complexity index is 978. The van der Waals surface area contributed by atoms with E-state index in [9.17, 15) is 13.2 Å². The minimum absolute atomic E-state index is 0.0627. The summed E-state index contributed by atoms with van der Waals surface area (Å²) in [5.41, 5.74) is 0.548. The first-order valence-corrected chi connectivity index (χ1v) is 11.1. The van der Waals surface area contributed by atoms with Crippen molar-refractivity contribution in [1.29, 1.82) is 0 Å². The summed E-state index contributed by atoms with van der Waals surface area (Å²) in [6, 6.07) is 3.17. The van der Waals surface area contributed by atoms with Gasteiger partial charge in [0.1, 0.15) is 0 Å². The molecule has 0 spiro atoms. The van der Waals surface area contributed by atoms with Gasteiger partial charge in [-0.3, -0.25) is 14.1 Å². The molecule has 0 aromatic carbocycles. The van der Waals surface area contributed by atoms with Crippen molar-refractivity contribution in [2.24, 2.45) is 0 Å². The van der Waals surface area contributed by atoms with Crippen molar-refractivity contribution in [3.8, 4) is 0 Å². The zero-order chi connectivity index (χ0) is 20.9. The number of sulfonamides is 1. The van der Waals surface area contributed by atoms with Crippen molar-refractivity contribution in [1.82, 2.24) is 28.7 Å². The number of carbonyl (C=O) groups is 1. The van der Waals surface area contributed by atoms with Crippen LogP contribution in [0.3, 0.4) is 0 Å². The fourth-order valence-electron chi connectivity index (χ4n) is 2.80. The molecule has 2 rings (SSSR count). The van der Waals surface area contributed by atoms with Gasteiger partial charge in [0.15, 0.2) is 5.65 Å². The summed E-state index contributed by atoms with van der Waals surface area (Å²) in [6.45, 7) is 7.57. The van der Waals surface area contributed by atoms with Crippen LogP contribution < -0.4 is 5.32 Å². The van der Waals surface area contributed by atoms with E-state index in [1.54, 1.807) is 40.9 Å². The average Bonchev–Trinajstić information content (AvgIpc) is 2.95. The lowest BCUT2D eigenvalue weighted by atomic mass is 10.4. The summed E-state index contributed by atoms with van der Waals surface area (Å²) in [4.78, 5) is 13.8. The minimum Gasteiger partial charge on any atom is -0.355 e. The number of amides is 1. The molecule has 28 heavy (non-hydrogen) atoms. The molecular weight excluding hydrogens is 400 g/mol. The van der Waals surface area contributed by atoms with Crippen LogP contribution in [-0.2, 0) is 21.5 Å². The molecule has 0 saturated carbocycles. The molecule has 0 radical (unpaired) electrons. The molecule has 2 aromatic rings. The van der Waals surface area contributed by atoms with Crippen LogP contribution in [0.2, 0.25) is 0 Å². The third-order valence-corrected chi connectivity index (χ3v) is 6.70. The number of nitrogens with zero attached hydrogens (tertiary/aromatic N) is 5. The van der Waals surface area contributed by atoms with E-state index < -0.39 is 10.0 Å². The molecule has 0 bridgehead atoms. The zero-order valence-electron chi connectivity index (χ0n) is 16.8. The number of rotatable bonds is 10. The van der Waals surface area contributed by atoms with Crippen LogP contribution in [-0.4, -0.2) is 70.9 Å². The number of hydrogen-bond acceptors (Lipinski definition) is 6. The molecule has 0 aliphatic heterocycles. The number of aromatic nitrogens is 3. The SMILES string of the molecule is CCCNC(=O)CN(C)Cn1nc2ccc(S(=O)(=O)N(CC)CC)cn2c1=S.